The van der Waals surface area contributed by atoms with Crippen molar-refractivity contribution in [2.75, 3.05) is 6.61 Å². The summed E-state index contributed by atoms with van der Waals surface area (Å²) in [5.41, 5.74) is 1.38. The number of rotatable bonds is 3. The van der Waals surface area contributed by atoms with Gasteiger partial charge < -0.3 is 10.1 Å². The molecule has 17 heavy (non-hydrogen) atoms. The minimum absolute atomic E-state index is 0.0202. The molecule has 2 rings (SSSR count). The van der Waals surface area contributed by atoms with Gasteiger partial charge in [0.25, 0.3) is 0 Å². The van der Waals surface area contributed by atoms with Gasteiger partial charge in [-0.25, -0.2) is 0 Å². The Morgan fingerprint density at radius 3 is 2.65 bits per heavy atom. The number of benzene rings is 1. The molecule has 1 aliphatic rings. The highest BCUT2D eigenvalue weighted by molar-refractivity contribution is 5.18. The van der Waals surface area contributed by atoms with E-state index in [1.807, 2.05) is 0 Å². The summed E-state index contributed by atoms with van der Waals surface area (Å²) in [4.78, 5) is 0. The van der Waals surface area contributed by atoms with Crippen LogP contribution in [0.15, 0.2) is 30.3 Å². The lowest BCUT2D eigenvalue weighted by Gasteiger charge is -2.37. The largest absolute Gasteiger partial charge is 0.375 e. The summed E-state index contributed by atoms with van der Waals surface area (Å²) in [5, 5.41) is 3.71. The van der Waals surface area contributed by atoms with Crippen LogP contribution in [0.3, 0.4) is 0 Å². The van der Waals surface area contributed by atoms with Gasteiger partial charge in [0.1, 0.15) is 0 Å². The van der Waals surface area contributed by atoms with Crippen molar-refractivity contribution in [3.8, 4) is 0 Å². The molecule has 94 valence electrons. The van der Waals surface area contributed by atoms with Crippen molar-refractivity contribution in [3.05, 3.63) is 35.9 Å². The monoisotopic (exact) mass is 233 g/mol. The number of hydrogen-bond donors (Lipinski definition) is 1. The van der Waals surface area contributed by atoms with Crippen molar-refractivity contribution >= 4 is 0 Å². The van der Waals surface area contributed by atoms with Crippen molar-refractivity contribution in [2.24, 2.45) is 0 Å². The Morgan fingerprint density at radius 2 is 2.00 bits per heavy atom. The molecular formula is C15H23NO. The molecule has 0 aromatic heterocycles. The molecular weight excluding hydrogens is 210 g/mol. The second-order valence-electron chi connectivity index (χ2n) is 5.60. The van der Waals surface area contributed by atoms with E-state index in [9.17, 15) is 0 Å². The van der Waals surface area contributed by atoms with Crippen LogP contribution >= 0.6 is 0 Å². The average molecular weight is 233 g/mol. The normalized spacial score (nSPS) is 25.5. The van der Waals surface area contributed by atoms with Gasteiger partial charge in [0.15, 0.2) is 0 Å². The molecule has 1 heterocycles. The summed E-state index contributed by atoms with van der Waals surface area (Å²) in [5.74, 6) is 0. The lowest BCUT2D eigenvalue weighted by atomic mass is 9.93. The van der Waals surface area contributed by atoms with Crippen LogP contribution in [0.25, 0.3) is 0 Å². The van der Waals surface area contributed by atoms with E-state index < -0.39 is 0 Å². The molecule has 2 nitrogen and oxygen atoms in total. The summed E-state index contributed by atoms with van der Waals surface area (Å²) in [6.45, 7) is 7.45. The summed E-state index contributed by atoms with van der Waals surface area (Å²) in [6.07, 6.45) is 2.20. The lowest BCUT2D eigenvalue weighted by Crippen LogP contribution is -2.44. The van der Waals surface area contributed by atoms with Crippen molar-refractivity contribution in [2.45, 2.75) is 51.3 Å². The molecule has 2 heteroatoms. The Kier molecular flexibility index (Phi) is 3.85. The third-order valence-electron chi connectivity index (χ3n) is 3.48. The maximum atomic E-state index is 5.74. The van der Waals surface area contributed by atoms with Crippen molar-refractivity contribution in [1.29, 1.82) is 0 Å². The first-order valence-corrected chi connectivity index (χ1v) is 6.52. The average Bonchev–Trinajstić information content (AvgIpc) is 2.29. The predicted octanol–water partition coefficient (Wildman–Crippen LogP) is 3.29. The second-order valence-corrected chi connectivity index (χ2v) is 5.60. The molecule has 0 radical (unpaired) electrons. The Labute approximate surface area is 104 Å². The van der Waals surface area contributed by atoms with E-state index in [1.165, 1.54) is 5.56 Å². The third-order valence-corrected chi connectivity index (χ3v) is 3.48. The molecule has 1 aromatic carbocycles. The standard InChI is InChI=1S/C15H23NO/c1-12(13-7-5-4-6-8-13)16-14-9-10-17-15(2,3)11-14/h4-8,12,14,16H,9-11H2,1-3H3/t12-,14?/m0/s1. The van der Waals surface area contributed by atoms with Crippen LogP contribution in [-0.2, 0) is 4.74 Å². The van der Waals surface area contributed by atoms with Gasteiger partial charge in [-0.05, 0) is 39.2 Å². The molecule has 1 aliphatic heterocycles. The van der Waals surface area contributed by atoms with Crippen LogP contribution in [0, 0.1) is 0 Å². The minimum Gasteiger partial charge on any atom is -0.375 e. The van der Waals surface area contributed by atoms with Gasteiger partial charge in [0, 0.05) is 18.7 Å². The fourth-order valence-electron chi connectivity index (χ4n) is 2.57. The predicted molar refractivity (Wildman–Crippen MR) is 71.0 cm³/mol. The molecule has 0 saturated carbocycles. The van der Waals surface area contributed by atoms with E-state index >= 15 is 0 Å². The van der Waals surface area contributed by atoms with E-state index in [0.717, 1.165) is 19.4 Å². The zero-order valence-electron chi connectivity index (χ0n) is 11.1. The molecule has 1 aromatic rings. The van der Waals surface area contributed by atoms with Crippen LogP contribution in [-0.4, -0.2) is 18.2 Å². The summed E-state index contributed by atoms with van der Waals surface area (Å²) in [6, 6.07) is 11.6. The van der Waals surface area contributed by atoms with Gasteiger partial charge in [-0.1, -0.05) is 30.3 Å². The minimum atomic E-state index is 0.0202. The molecule has 1 fully saturated rings. The SMILES string of the molecule is C[C@H](NC1CCOC(C)(C)C1)c1ccccc1. The van der Waals surface area contributed by atoms with Crippen molar-refractivity contribution in [3.63, 3.8) is 0 Å². The van der Waals surface area contributed by atoms with E-state index in [1.54, 1.807) is 0 Å². The zero-order valence-corrected chi connectivity index (χ0v) is 11.1. The van der Waals surface area contributed by atoms with Gasteiger partial charge in [-0.2, -0.15) is 0 Å². The third kappa shape index (κ3) is 3.55. The van der Waals surface area contributed by atoms with Crippen LogP contribution in [0.1, 0.15) is 45.2 Å². The molecule has 0 amide bonds. The first kappa shape index (κ1) is 12.6. The maximum Gasteiger partial charge on any atom is 0.0641 e. The molecule has 0 aliphatic carbocycles. The molecule has 1 N–H and O–H groups in total. The van der Waals surface area contributed by atoms with Crippen LogP contribution in [0.2, 0.25) is 0 Å². The van der Waals surface area contributed by atoms with Crippen molar-refractivity contribution < 1.29 is 4.74 Å². The Balaban J connectivity index is 1.93. The molecule has 1 unspecified atom stereocenters. The van der Waals surface area contributed by atoms with Crippen LogP contribution in [0.5, 0.6) is 0 Å². The van der Waals surface area contributed by atoms with Gasteiger partial charge in [0.05, 0.1) is 5.60 Å². The Hall–Kier alpha value is -0.860. The summed E-state index contributed by atoms with van der Waals surface area (Å²) < 4.78 is 5.74. The molecule has 1 saturated heterocycles. The highest BCUT2D eigenvalue weighted by Gasteiger charge is 2.29. The Morgan fingerprint density at radius 1 is 1.29 bits per heavy atom. The van der Waals surface area contributed by atoms with Gasteiger partial charge in [-0.3, -0.25) is 0 Å². The van der Waals surface area contributed by atoms with Crippen LogP contribution < -0.4 is 5.32 Å². The summed E-state index contributed by atoms with van der Waals surface area (Å²) in [7, 11) is 0. The van der Waals surface area contributed by atoms with Gasteiger partial charge in [-0.15, -0.1) is 0 Å². The number of ether oxygens (including phenoxy) is 1. The van der Waals surface area contributed by atoms with Crippen LogP contribution in [0.4, 0.5) is 0 Å². The van der Waals surface area contributed by atoms with E-state index in [2.05, 4.69) is 56.4 Å². The Bertz CT molecular complexity index is 347. The van der Waals surface area contributed by atoms with Gasteiger partial charge in [0.2, 0.25) is 0 Å². The fourth-order valence-corrected chi connectivity index (χ4v) is 2.57. The van der Waals surface area contributed by atoms with E-state index in [0.29, 0.717) is 12.1 Å². The van der Waals surface area contributed by atoms with Crippen molar-refractivity contribution in [1.82, 2.24) is 5.32 Å². The highest BCUT2D eigenvalue weighted by atomic mass is 16.5. The first-order chi connectivity index (χ1) is 8.07. The fraction of sp³-hybridized carbons (Fsp3) is 0.600. The quantitative estimate of drug-likeness (QED) is 0.865. The molecule has 2 atom stereocenters. The van der Waals surface area contributed by atoms with E-state index in [-0.39, 0.29) is 5.60 Å². The maximum absolute atomic E-state index is 5.74. The lowest BCUT2D eigenvalue weighted by molar-refractivity contribution is -0.0639. The zero-order chi connectivity index (χ0) is 12.3. The van der Waals surface area contributed by atoms with E-state index in [4.69, 9.17) is 4.74 Å². The smallest absolute Gasteiger partial charge is 0.0641 e. The second kappa shape index (κ2) is 5.19. The topological polar surface area (TPSA) is 21.3 Å². The summed E-state index contributed by atoms with van der Waals surface area (Å²) >= 11 is 0. The number of nitrogens with one attached hydrogen (secondary N) is 1. The highest BCUT2D eigenvalue weighted by Crippen LogP contribution is 2.25. The first-order valence-electron chi connectivity index (χ1n) is 6.52. The molecule has 0 bridgehead atoms. The number of hydrogen-bond acceptors (Lipinski definition) is 2. The van der Waals surface area contributed by atoms with Gasteiger partial charge >= 0.3 is 0 Å². The molecule has 0 spiro atoms.